The van der Waals surface area contributed by atoms with E-state index in [0.29, 0.717) is 17.7 Å². The van der Waals surface area contributed by atoms with Crippen molar-refractivity contribution in [3.63, 3.8) is 0 Å². The molecule has 5 rings (SSSR count). The van der Waals surface area contributed by atoms with Gasteiger partial charge in [-0.05, 0) is 43.2 Å². The smallest absolute Gasteiger partial charge is 0.299 e. The van der Waals surface area contributed by atoms with E-state index in [4.69, 9.17) is 0 Å². The van der Waals surface area contributed by atoms with Crippen molar-refractivity contribution < 1.29 is 27.6 Å². The first kappa shape index (κ1) is 17.6. The molecule has 4 fully saturated rings. The Kier molecular flexibility index (Phi) is 3.95. The van der Waals surface area contributed by atoms with E-state index in [2.05, 4.69) is 0 Å². The molecule has 0 N–H and O–H groups in total. The molecule has 1 aromatic rings. The highest BCUT2D eigenvalue weighted by Gasteiger charge is 2.61. The van der Waals surface area contributed by atoms with Crippen LogP contribution in [-0.4, -0.2) is 23.9 Å². The average Bonchev–Trinajstić information content (AvgIpc) is 2.86. The number of rotatable bonds is 2. The van der Waals surface area contributed by atoms with Gasteiger partial charge in [0, 0.05) is 17.2 Å². The van der Waals surface area contributed by atoms with Crippen LogP contribution < -0.4 is 4.90 Å². The summed E-state index contributed by atoms with van der Waals surface area (Å²) in [5.74, 6) is -2.94. The van der Waals surface area contributed by atoms with E-state index in [1.807, 2.05) is 0 Å². The molecule has 0 aromatic heterocycles. The van der Waals surface area contributed by atoms with Gasteiger partial charge in [-0.2, -0.15) is 13.2 Å². The number of hydrogen-bond donors (Lipinski definition) is 0. The molecular weight excluding hydrogens is 367 g/mol. The predicted octanol–water partition coefficient (Wildman–Crippen LogP) is 3.53. The third-order valence-corrected chi connectivity index (χ3v) is 6.60. The van der Waals surface area contributed by atoms with Gasteiger partial charge < -0.3 is 0 Å². The summed E-state index contributed by atoms with van der Waals surface area (Å²) in [6.45, 7) is 0. The van der Waals surface area contributed by atoms with E-state index in [1.165, 1.54) is 17.8 Å². The van der Waals surface area contributed by atoms with Crippen molar-refractivity contribution in [1.29, 1.82) is 0 Å². The van der Waals surface area contributed by atoms with Crippen molar-refractivity contribution in [3.8, 4) is 0 Å². The van der Waals surface area contributed by atoms with Gasteiger partial charge in [0.2, 0.25) is 11.8 Å². The fraction of sp³-hybridized carbons (Fsp3) is 0.500. The maximum absolute atomic E-state index is 13.1. The van der Waals surface area contributed by atoms with Crippen molar-refractivity contribution in [1.82, 2.24) is 0 Å². The third kappa shape index (κ3) is 2.41. The number of amides is 2. The summed E-state index contributed by atoms with van der Waals surface area (Å²) in [6, 6.07) is 3.09. The van der Waals surface area contributed by atoms with Gasteiger partial charge in [-0.25, -0.2) is 4.90 Å². The fourth-order valence-corrected chi connectivity index (χ4v) is 5.23. The Morgan fingerprint density at radius 2 is 1.77 bits per heavy atom. The molecule has 0 radical (unpaired) electrons. The lowest BCUT2D eigenvalue weighted by molar-refractivity contribution is -0.143. The minimum absolute atomic E-state index is 0.000341. The van der Waals surface area contributed by atoms with Crippen molar-refractivity contribution in [2.45, 2.75) is 30.3 Å². The minimum Gasteiger partial charge on any atom is -0.299 e. The quantitative estimate of drug-likeness (QED) is 0.579. The molecule has 3 saturated carbocycles. The molecule has 1 saturated heterocycles. The normalized spacial score (nSPS) is 30.9. The Balaban J connectivity index is 1.80. The lowest BCUT2D eigenvalue weighted by Gasteiger charge is -2.41. The predicted molar refractivity (Wildman–Crippen MR) is 88.5 cm³/mol. The summed E-state index contributed by atoms with van der Waals surface area (Å²) in [5.41, 5.74) is -0.927. The van der Waals surface area contributed by atoms with Gasteiger partial charge in [0.25, 0.3) is 0 Å². The SMILES string of the molecule is CSc1ccc(C(F)(F)F)cc1N1C(=O)[C@H]2[C@@H]3CC[C@@H](C(=O)C3)[C@H]2C1=O. The van der Waals surface area contributed by atoms with Gasteiger partial charge in [-0.3, -0.25) is 14.4 Å². The molecule has 4 aliphatic rings. The molecule has 2 bridgehead atoms. The maximum atomic E-state index is 13.1. The first-order valence-corrected chi connectivity index (χ1v) is 9.62. The van der Waals surface area contributed by atoms with Crippen LogP contribution in [0, 0.1) is 23.7 Å². The van der Waals surface area contributed by atoms with Crippen LogP contribution in [0.15, 0.2) is 23.1 Å². The van der Waals surface area contributed by atoms with E-state index >= 15 is 0 Å². The average molecular weight is 383 g/mol. The van der Waals surface area contributed by atoms with Crippen LogP contribution in [0.5, 0.6) is 0 Å². The van der Waals surface area contributed by atoms with Crippen LogP contribution in [0.2, 0.25) is 0 Å². The second-order valence-electron chi connectivity index (χ2n) is 7.06. The van der Waals surface area contributed by atoms with E-state index in [1.54, 1.807) is 6.26 Å². The standard InChI is InChI=1S/C18H16F3NO3S/c1-26-13-5-3-9(18(19,20)21)7-11(13)22-16(24)14-8-2-4-10(12(23)6-8)15(14)17(22)25/h3,5,7-8,10,14-15H,2,4,6H2,1H3/t8-,10+,14+,15-/m1/s1. The van der Waals surface area contributed by atoms with Crippen LogP contribution in [0.3, 0.4) is 0 Å². The maximum Gasteiger partial charge on any atom is 0.416 e. The molecule has 1 aliphatic heterocycles. The van der Waals surface area contributed by atoms with Gasteiger partial charge >= 0.3 is 6.18 Å². The van der Waals surface area contributed by atoms with Crippen LogP contribution in [0.4, 0.5) is 18.9 Å². The van der Waals surface area contributed by atoms with E-state index in [-0.39, 0.29) is 23.8 Å². The number of ketones is 1. The minimum atomic E-state index is -4.57. The summed E-state index contributed by atoms with van der Waals surface area (Å²) >= 11 is 1.18. The van der Waals surface area contributed by atoms with Gasteiger partial charge in [0.1, 0.15) is 5.78 Å². The van der Waals surface area contributed by atoms with Crippen LogP contribution in [-0.2, 0) is 20.6 Å². The molecule has 26 heavy (non-hydrogen) atoms. The number of halogens is 3. The number of alkyl halides is 3. The molecule has 138 valence electrons. The van der Waals surface area contributed by atoms with E-state index in [0.717, 1.165) is 17.0 Å². The lowest BCUT2D eigenvalue weighted by atomic mass is 9.59. The van der Waals surface area contributed by atoms with E-state index < -0.39 is 41.3 Å². The number of fused-ring (bicyclic) bond motifs is 2. The second kappa shape index (κ2) is 5.84. The van der Waals surface area contributed by atoms with Crippen LogP contribution in [0.1, 0.15) is 24.8 Å². The van der Waals surface area contributed by atoms with Crippen LogP contribution >= 0.6 is 11.8 Å². The highest BCUT2D eigenvalue weighted by atomic mass is 32.2. The Hall–Kier alpha value is -1.83. The van der Waals surface area contributed by atoms with Gasteiger partial charge in [-0.15, -0.1) is 11.8 Å². The topological polar surface area (TPSA) is 54.5 Å². The van der Waals surface area contributed by atoms with Crippen molar-refractivity contribution in [3.05, 3.63) is 23.8 Å². The molecule has 4 atom stereocenters. The lowest BCUT2D eigenvalue weighted by Crippen LogP contribution is -2.46. The largest absolute Gasteiger partial charge is 0.416 e. The Bertz CT molecular complexity index is 822. The molecule has 1 aromatic carbocycles. The Morgan fingerprint density at radius 3 is 2.38 bits per heavy atom. The fourth-order valence-electron chi connectivity index (χ4n) is 4.66. The molecule has 3 aliphatic carbocycles. The zero-order valence-electron chi connectivity index (χ0n) is 13.9. The number of Topliss-reactive ketones (excluding diaryl/α,β-unsaturated/α-hetero) is 1. The molecule has 8 heteroatoms. The molecule has 2 amide bonds. The van der Waals surface area contributed by atoms with Crippen molar-refractivity contribution >= 4 is 35.0 Å². The van der Waals surface area contributed by atoms with Crippen molar-refractivity contribution in [2.75, 3.05) is 11.2 Å². The number of anilines is 1. The van der Waals surface area contributed by atoms with Crippen molar-refractivity contribution in [2.24, 2.45) is 23.7 Å². The van der Waals surface area contributed by atoms with Gasteiger partial charge in [0.05, 0.1) is 23.1 Å². The Labute approximate surface area is 152 Å². The van der Waals surface area contributed by atoms with Gasteiger partial charge in [-0.1, -0.05) is 0 Å². The molecule has 0 spiro atoms. The number of imide groups is 1. The zero-order valence-corrected chi connectivity index (χ0v) is 14.7. The van der Waals surface area contributed by atoms with Gasteiger partial charge in [0.15, 0.2) is 0 Å². The summed E-state index contributed by atoms with van der Waals surface area (Å²) < 4.78 is 39.4. The van der Waals surface area contributed by atoms with E-state index in [9.17, 15) is 27.6 Å². The number of carbonyl (C=O) groups excluding carboxylic acids is 3. The van der Waals surface area contributed by atoms with Crippen LogP contribution in [0.25, 0.3) is 0 Å². The zero-order chi connectivity index (χ0) is 18.8. The molecule has 1 heterocycles. The molecule has 0 unspecified atom stereocenters. The number of benzene rings is 1. The summed E-state index contributed by atoms with van der Waals surface area (Å²) in [4.78, 5) is 39.5. The summed E-state index contributed by atoms with van der Waals surface area (Å²) in [5, 5.41) is 0. The Morgan fingerprint density at radius 1 is 1.08 bits per heavy atom. The molecular formula is C18H16F3NO3S. The number of thioether (sulfide) groups is 1. The second-order valence-corrected chi connectivity index (χ2v) is 7.91. The number of carbonyl (C=O) groups is 3. The number of nitrogens with zero attached hydrogens (tertiary/aromatic N) is 1. The third-order valence-electron chi connectivity index (χ3n) is 5.81. The number of hydrogen-bond acceptors (Lipinski definition) is 4. The monoisotopic (exact) mass is 383 g/mol. The first-order valence-electron chi connectivity index (χ1n) is 8.39. The summed E-state index contributed by atoms with van der Waals surface area (Å²) in [7, 11) is 0. The highest BCUT2D eigenvalue weighted by molar-refractivity contribution is 7.98. The highest BCUT2D eigenvalue weighted by Crippen LogP contribution is 2.53. The molecule has 4 nitrogen and oxygen atoms in total. The summed E-state index contributed by atoms with van der Waals surface area (Å²) in [6.07, 6.45) is -1.31. The first-order chi connectivity index (χ1) is 12.2.